The molecule has 7 heteroatoms. The lowest BCUT2D eigenvalue weighted by Gasteiger charge is -2.11. The van der Waals surface area contributed by atoms with Gasteiger partial charge in [0.2, 0.25) is 10.0 Å². The first-order chi connectivity index (χ1) is 7.95. The molecule has 0 saturated carbocycles. The molecule has 0 N–H and O–H groups in total. The van der Waals surface area contributed by atoms with Gasteiger partial charge in [0.1, 0.15) is 0 Å². The van der Waals surface area contributed by atoms with E-state index in [2.05, 4.69) is 4.79 Å². The van der Waals surface area contributed by atoms with E-state index in [1.165, 1.54) is 19.2 Å². The molecule has 0 aliphatic carbocycles. The predicted molar refractivity (Wildman–Crippen MR) is 61.5 cm³/mol. The minimum atomic E-state index is -3.30. The second kappa shape index (κ2) is 3.80. The monoisotopic (exact) mass is 251 g/mol. The maximum Gasteiger partial charge on any atom is 0.328 e. The van der Waals surface area contributed by atoms with E-state index in [-0.39, 0.29) is 11.3 Å². The van der Waals surface area contributed by atoms with Crippen molar-refractivity contribution in [3.8, 4) is 0 Å². The quantitative estimate of drug-likeness (QED) is 0.330. The Kier molecular flexibility index (Phi) is 2.57. The van der Waals surface area contributed by atoms with Gasteiger partial charge in [-0.2, -0.15) is 4.79 Å². The van der Waals surface area contributed by atoms with Crippen LogP contribution in [0, 0.1) is 0 Å². The zero-order valence-corrected chi connectivity index (χ0v) is 9.81. The molecule has 1 aliphatic heterocycles. The number of ketones is 1. The van der Waals surface area contributed by atoms with Crippen molar-refractivity contribution >= 4 is 27.7 Å². The van der Waals surface area contributed by atoms with Crippen molar-refractivity contribution in [2.75, 3.05) is 11.4 Å². The summed E-state index contributed by atoms with van der Waals surface area (Å²) in [4.78, 5) is 14.1. The van der Waals surface area contributed by atoms with Crippen molar-refractivity contribution in [2.45, 2.75) is 5.75 Å². The molecule has 1 aromatic carbocycles. The number of carbonyl (C=O) groups is 1. The molecular weight excluding hydrogens is 242 g/mol. The Hall–Kier alpha value is -1.98. The van der Waals surface area contributed by atoms with E-state index in [4.69, 9.17) is 5.53 Å². The topological polar surface area (TPSA) is 90.8 Å². The summed E-state index contributed by atoms with van der Waals surface area (Å²) in [6.45, 7) is 0. The van der Waals surface area contributed by atoms with Gasteiger partial charge in [-0.25, -0.2) is 8.42 Å². The number of sulfonamides is 1. The van der Waals surface area contributed by atoms with Gasteiger partial charge in [0, 0.05) is 12.6 Å². The number of fused-ring (bicyclic) bond motifs is 1. The normalized spacial score (nSPS) is 16.2. The van der Waals surface area contributed by atoms with Crippen LogP contribution in [-0.4, -0.2) is 32.3 Å². The van der Waals surface area contributed by atoms with E-state index < -0.39 is 15.8 Å². The number of nitrogens with zero attached hydrogens (tertiary/aromatic N) is 3. The van der Waals surface area contributed by atoms with Crippen LogP contribution >= 0.6 is 0 Å². The minimum absolute atomic E-state index is 0.0542. The van der Waals surface area contributed by atoms with Crippen LogP contribution in [0.1, 0.15) is 15.9 Å². The third-order valence-electron chi connectivity index (χ3n) is 2.64. The molecule has 1 aromatic rings. The van der Waals surface area contributed by atoms with Gasteiger partial charge in [-0.15, -0.1) is 0 Å². The van der Waals surface area contributed by atoms with E-state index in [0.29, 0.717) is 11.3 Å². The molecular formula is C10H9N3O3S. The Morgan fingerprint density at radius 1 is 1.53 bits per heavy atom. The summed E-state index contributed by atoms with van der Waals surface area (Å²) in [5.74, 6) is -0.533. The van der Waals surface area contributed by atoms with Crippen molar-refractivity contribution < 1.29 is 18.0 Å². The summed E-state index contributed by atoms with van der Waals surface area (Å²) >= 11 is 0. The second-order valence-electron chi connectivity index (χ2n) is 3.68. The summed E-state index contributed by atoms with van der Waals surface area (Å²) < 4.78 is 24.3. The lowest BCUT2D eigenvalue weighted by atomic mass is 10.1. The van der Waals surface area contributed by atoms with E-state index >= 15 is 0 Å². The number of hydrogen-bond donors (Lipinski definition) is 0. The van der Waals surface area contributed by atoms with E-state index in [0.717, 1.165) is 10.5 Å². The summed E-state index contributed by atoms with van der Waals surface area (Å²) in [6.07, 6.45) is 0.769. The van der Waals surface area contributed by atoms with Gasteiger partial charge >= 0.3 is 6.21 Å². The molecule has 88 valence electrons. The van der Waals surface area contributed by atoms with E-state index in [1.54, 1.807) is 6.07 Å². The molecule has 17 heavy (non-hydrogen) atoms. The largest absolute Gasteiger partial charge is 0.361 e. The highest BCUT2D eigenvalue weighted by molar-refractivity contribution is 7.92. The Morgan fingerprint density at radius 2 is 2.24 bits per heavy atom. The third kappa shape index (κ3) is 1.86. The van der Waals surface area contributed by atoms with Crippen LogP contribution in [0.3, 0.4) is 0 Å². The van der Waals surface area contributed by atoms with Gasteiger partial charge < -0.3 is 5.53 Å². The first-order valence-corrected chi connectivity index (χ1v) is 6.38. The average Bonchev–Trinajstić information content (AvgIpc) is 2.50. The van der Waals surface area contributed by atoms with Crippen molar-refractivity contribution in [3.05, 3.63) is 34.9 Å². The SMILES string of the molecule is CN1c2cc(C(=O)C=[N+]=[N-])ccc2CS1(=O)=O. The van der Waals surface area contributed by atoms with Crippen LogP contribution in [0.2, 0.25) is 0 Å². The number of rotatable bonds is 2. The summed E-state index contributed by atoms with van der Waals surface area (Å²) in [5.41, 5.74) is 9.70. The molecule has 0 amide bonds. The fraction of sp³-hybridized carbons (Fsp3) is 0.200. The summed E-state index contributed by atoms with van der Waals surface area (Å²) in [6, 6.07) is 4.58. The number of hydrogen-bond acceptors (Lipinski definition) is 3. The van der Waals surface area contributed by atoms with Gasteiger partial charge in [-0.1, -0.05) is 12.1 Å². The fourth-order valence-electron chi connectivity index (χ4n) is 1.70. The summed E-state index contributed by atoms with van der Waals surface area (Å²) in [7, 11) is -1.86. The lowest BCUT2D eigenvalue weighted by molar-refractivity contribution is 0.00235. The lowest BCUT2D eigenvalue weighted by Crippen LogP contribution is -2.21. The van der Waals surface area contributed by atoms with Crippen LogP contribution in [0.5, 0.6) is 0 Å². The van der Waals surface area contributed by atoms with Gasteiger partial charge in [-0.05, 0) is 11.6 Å². The highest BCUT2D eigenvalue weighted by Gasteiger charge is 2.30. The maximum atomic E-state index is 11.6. The number of Topliss-reactive ketones (excluding diaryl/α,β-unsaturated/α-hetero) is 1. The first-order valence-electron chi connectivity index (χ1n) is 4.77. The molecule has 6 nitrogen and oxygen atoms in total. The molecule has 2 rings (SSSR count). The van der Waals surface area contributed by atoms with E-state index in [9.17, 15) is 13.2 Å². The molecule has 0 radical (unpaired) electrons. The molecule has 0 fully saturated rings. The van der Waals surface area contributed by atoms with Crippen molar-refractivity contribution in [2.24, 2.45) is 0 Å². The Bertz CT molecular complexity index is 645. The number of anilines is 1. The van der Waals surface area contributed by atoms with Crippen LogP contribution in [0.4, 0.5) is 5.69 Å². The van der Waals surface area contributed by atoms with Crippen LogP contribution < -0.4 is 4.31 Å². The average molecular weight is 251 g/mol. The Labute approximate surface area is 98.1 Å². The van der Waals surface area contributed by atoms with Gasteiger partial charge in [-0.3, -0.25) is 9.10 Å². The molecule has 0 aromatic heterocycles. The molecule has 0 spiro atoms. The molecule has 0 bridgehead atoms. The smallest absolute Gasteiger partial charge is 0.328 e. The van der Waals surface area contributed by atoms with Crippen LogP contribution in [0.15, 0.2) is 18.2 Å². The van der Waals surface area contributed by atoms with Crippen LogP contribution in [0.25, 0.3) is 5.53 Å². The Balaban J connectivity index is 2.51. The summed E-state index contributed by atoms with van der Waals surface area (Å²) in [5, 5.41) is 0. The highest BCUT2D eigenvalue weighted by atomic mass is 32.2. The maximum absolute atomic E-state index is 11.6. The van der Waals surface area contributed by atoms with Crippen molar-refractivity contribution in [1.82, 2.24) is 0 Å². The van der Waals surface area contributed by atoms with Crippen molar-refractivity contribution in [1.29, 1.82) is 0 Å². The molecule has 0 unspecified atom stereocenters. The van der Waals surface area contributed by atoms with Crippen molar-refractivity contribution in [3.63, 3.8) is 0 Å². The van der Waals surface area contributed by atoms with Gasteiger partial charge in [0.25, 0.3) is 5.78 Å². The Morgan fingerprint density at radius 3 is 2.88 bits per heavy atom. The molecule has 0 atom stereocenters. The molecule has 1 heterocycles. The standard InChI is InChI=1S/C10H9N3O3S/c1-13-9-4-7(10(14)5-12-11)2-3-8(9)6-17(13,15)16/h2-5H,6H2,1H3. The third-order valence-corrected chi connectivity index (χ3v) is 4.35. The number of carbonyl (C=O) groups excluding carboxylic acids is 1. The zero-order valence-electron chi connectivity index (χ0n) is 8.99. The fourth-order valence-corrected chi connectivity index (χ4v) is 3.00. The van der Waals surface area contributed by atoms with Gasteiger partial charge in [0.05, 0.1) is 11.4 Å². The molecule has 0 saturated heterocycles. The minimum Gasteiger partial charge on any atom is -0.361 e. The van der Waals surface area contributed by atoms with Crippen LogP contribution in [-0.2, 0) is 15.8 Å². The zero-order chi connectivity index (χ0) is 12.6. The second-order valence-corrected chi connectivity index (χ2v) is 5.68. The predicted octanol–water partition coefficient (Wildman–Crippen LogP) is 0.450. The highest BCUT2D eigenvalue weighted by Crippen LogP contribution is 2.32. The van der Waals surface area contributed by atoms with E-state index in [1.807, 2.05) is 0 Å². The molecule has 1 aliphatic rings. The number of benzene rings is 1. The first kappa shape index (κ1) is 11.5. The van der Waals surface area contributed by atoms with Gasteiger partial charge in [0.15, 0.2) is 0 Å².